The molecule has 0 amide bonds. The quantitative estimate of drug-likeness (QED) is 0.368. The average Bonchev–Trinajstić information content (AvgIpc) is 2.52. The molecule has 0 radical (unpaired) electrons. The Morgan fingerprint density at radius 1 is 1.43 bits per heavy atom. The number of fused-ring (bicyclic) bond motifs is 1. The lowest BCUT2D eigenvalue weighted by Gasteiger charge is -2.18. The van der Waals surface area contributed by atoms with Gasteiger partial charge in [-0.05, 0) is 26.0 Å². The SMILES string of the molecule is CCOCC(C)Oc1c(/C(N)=N/O)cnc2ccccc12. The standard InChI is InChI=1S/C15H19N3O3/c1-3-20-9-10(2)21-14-11-6-4-5-7-13(11)17-8-12(14)15(16)18-19/h4-8,10,19H,3,9H2,1-2H3,(H2,16,18). The summed E-state index contributed by atoms with van der Waals surface area (Å²) in [5.74, 6) is 0.509. The van der Waals surface area contributed by atoms with Gasteiger partial charge in [-0.15, -0.1) is 0 Å². The number of hydrogen-bond acceptors (Lipinski definition) is 5. The second-order valence-electron chi connectivity index (χ2n) is 4.59. The van der Waals surface area contributed by atoms with Gasteiger partial charge in [-0.2, -0.15) is 0 Å². The maximum Gasteiger partial charge on any atom is 0.175 e. The van der Waals surface area contributed by atoms with Gasteiger partial charge in [0.2, 0.25) is 0 Å². The number of pyridine rings is 1. The van der Waals surface area contributed by atoms with Gasteiger partial charge in [0.25, 0.3) is 0 Å². The van der Waals surface area contributed by atoms with Gasteiger partial charge in [0.15, 0.2) is 5.84 Å². The van der Waals surface area contributed by atoms with E-state index in [0.717, 1.165) is 10.9 Å². The molecule has 2 aromatic rings. The number of nitrogens with two attached hydrogens (primary N) is 1. The Bertz CT molecular complexity index is 643. The number of rotatable bonds is 6. The number of ether oxygens (including phenoxy) is 2. The van der Waals surface area contributed by atoms with Crippen molar-refractivity contribution >= 4 is 16.7 Å². The van der Waals surface area contributed by atoms with E-state index in [9.17, 15) is 0 Å². The Labute approximate surface area is 123 Å². The summed E-state index contributed by atoms with van der Waals surface area (Å²) >= 11 is 0. The van der Waals surface area contributed by atoms with Gasteiger partial charge in [-0.3, -0.25) is 4.98 Å². The van der Waals surface area contributed by atoms with Crippen molar-refractivity contribution in [1.82, 2.24) is 4.98 Å². The minimum atomic E-state index is -0.166. The highest BCUT2D eigenvalue weighted by atomic mass is 16.5. The summed E-state index contributed by atoms with van der Waals surface area (Å²) < 4.78 is 11.3. The first-order valence-electron chi connectivity index (χ1n) is 6.77. The van der Waals surface area contributed by atoms with Crippen LogP contribution in [-0.2, 0) is 4.74 Å². The number of aromatic nitrogens is 1. The van der Waals surface area contributed by atoms with Crippen molar-refractivity contribution in [3.05, 3.63) is 36.0 Å². The van der Waals surface area contributed by atoms with E-state index >= 15 is 0 Å². The first kappa shape index (κ1) is 15.1. The summed E-state index contributed by atoms with van der Waals surface area (Å²) in [6, 6.07) is 7.55. The minimum Gasteiger partial charge on any atom is -0.487 e. The molecule has 1 aromatic carbocycles. The highest BCUT2D eigenvalue weighted by Crippen LogP contribution is 2.29. The molecule has 1 aromatic heterocycles. The van der Waals surface area contributed by atoms with Crippen LogP contribution in [0.25, 0.3) is 10.9 Å². The molecule has 2 rings (SSSR count). The van der Waals surface area contributed by atoms with Crippen LogP contribution >= 0.6 is 0 Å². The van der Waals surface area contributed by atoms with Crippen molar-refractivity contribution in [3.63, 3.8) is 0 Å². The molecular weight excluding hydrogens is 270 g/mol. The molecule has 1 unspecified atom stereocenters. The maximum atomic E-state index is 8.92. The van der Waals surface area contributed by atoms with Crippen molar-refractivity contribution in [2.24, 2.45) is 10.9 Å². The van der Waals surface area contributed by atoms with E-state index < -0.39 is 0 Å². The fourth-order valence-electron chi connectivity index (χ4n) is 2.00. The van der Waals surface area contributed by atoms with Crippen molar-refractivity contribution < 1.29 is 14.7 Å². The average molecular weight is 289 g/mol. The second-order valence-corrected chi connectivity index (χ2v) is 4.59. The lowest BCUT2D eigenvalue weighted by Crippen LogP contribution is -2.22. The van der Waals surface area contributed by atoms with E-state index in [1.807, 2.05) is 38.1 Å². The molecule has 0 spiro atoms. The molecule has 0 fully saturated rings. The van der Waals surface area contributed by atoms with Gasteiger partial charge >= 0.3 is 0 Å². The third-order valence-corrected chi connectivity index (χ3v) is 2.99. The molecule has 6 heteroatoms. The molecule has 0 aliphatic carbocycles. The van der Waals surface area contributed by atoms with E-state index in [4.69, 9.17) is 20.4 Å². The van der Waals surface area contributed by atoms with E-state index in [1.165, 1.54) is 0 Å². The van der Waals surface area contributed by atoms with Gasteiger partial charge in [0.1, 0.15) is 11.9 Å². The summed E-state index contributed by atoms with van der Waals surface area (Å²) in [7, 11) is 0. The monoisotopic (exact) mass is 289 g/mol. The van der Waals surface area contributed by atoms with Crippen LogP contribution in [0.1, 0.15) is 19.4 Å². The third kappa shape index (κ3) is 3.41. The molecule has 112 valence electrons. The first-order chi connectivity index (χ1) is 10.2. The van der Waals surface area contributed by atoms with E-state index in [2.05, 4.69) is 10.1 Å². The number of nitrogens with zero attached hydrogens (tertiary/aromatic N) is 2. The Hall–Kier alpha value is -2.34. The van der Waals surface area contributed by atoms with E-state index in [-0.39, 0.29) is 11.9 Å². The number of amidine groups is 1. The summed E-state index contributed by atoms with van der Waals surface area (Å²) in [4.78, 5) is 4.30. The van der Waals surface area contributed by atoms with Gasteiger partial charge in [0, 0.05) is 18.2 Å². The van der Waals surface area contributed by atoms with Crippen LogP contribution < -0.4 is 10.5 Å². The summed E-state index contributed by atoms with van der Waals surface area (Å²) in [5.41, 5.74) is 6.95. The number of hydrogen-bond donors (Lipinski definition) is 2. The number of benzene rings is 1. The lowest BCUT2D eigenvalue weighted by atomic mass is 10.1. The van der Waals surface area contributed by atoms with Crippen LogP contribution in [0.5, 0.6) is 5.75 Å². The lowest BCUT2D eigenvalue weighted by molar-refractivity contribution is 0.0663. The zero-order chi connectivity index (χ0) is 15.2. The molecule has 0 aliphatic rings. The smallest absolute Gasteiger partial charge is 0.175 e. The second kappa shape index (κ2) is 6.90. The molecule has 1 atom stereocenters. The molecular formula is C15H19N3O3. The van der Waals surface area contributed by atoms with Crippen molar-refractivity contribution in [3.8, 4) is 5.75 Å². The predicted molar refractivity (Wildman–Crippen MR) is 80.8 cm³/mol. The maximum absolute atomic E-state index is 8.92. The normalized spacial score (nSPS) is 13.3. The largest absolute Gasteiger partial charge is 0.487 e. The van der Waals surface area contributed by atoms with Crippen LogP contribution in [0, 0.1) is 0 Å². The fraction of sp³-hybridized carbons (Fsp3) is 0.333. The van der Waals surface area contributed by atoms with Gasteiger partial charge in [0.05, 0.1) is 17.7 Å². The molecule has 3 N–H and O–H groups in total. The Balaban J connectivity index is 2.45. The van der Waals surface area contributed by atoms with E-state index in [1.54, 1.807) is 6.20 Å². The molecule has 0 bridgehead atoms. The van der Waals surface area contributed by atoms with E-state index in [0.29, 0.717) is 24.5 Å². The number of para-hydroxylation sites is 1. The molecule has 21 heavy (non-hydrogen) atoms. The van der Waals surface area contributed by atoms with Crippen LogP contribution in [0.3, 0.4) is 0 Å². The third-order valence-electron chi connectivity index (χ3n) is 2.99. The number of oxime groups is 1. The van der Waals surface area contributed by atoms with Gasteiger partial charge < -0.3 is 20.4 Å². The van der Waals surface area contributed by atoms with Gasteiger partial charge in [-0.25, -0.2) is 0 Å². The van der Waals surface area contributed by atoms with Crippen molar-refractivity contribution in [2.75, 3.05) is 13.2 Å². The van der Waals surface area contributed by atoms with Crippen LogP contribution in [0.15, 0.2) is 35.6 Å². The highest BCUT2D eigenvalue weighted by molar-refractivity contribution is 6.04. The van der Waals surface area contributed by atoms with Crippen LogP contribution in [0.2, 0.25) is 0 Å². The molecule has 0 aliphatic heterocycles. The molecule has 0 saturated carbocycles. The molecule has 1 heterocycles. The van der Waals surface area contributed by atoms with Crippen LogP contribution in [0.4, 0.5) is 0 Å². The first-order valence-corrected chi connectivity index (χ1v) is 6.77. The zero-order valence-corrected chi connectivity index (χ0v) is 12.1. The summed E-state index contributed by atoms with van der Waals surface area (Å²) in [6.07, 6.45) is 1.38. The van der Waals surface area contributed by atoms with Gasteiger partial charge in [-0.1, -0.05) is 17.3 Å². The Morgan fingerprint density at radius 3 is 2.90 bits per heavy atom. The van der Waals surface area contributed by atoms with Crippen molar-refractivity contribution in [1.29, 1.82) is 0 Å². The molecule has 6 nitrogen and oxygen atoms in total. The fourth-order valence-corrected chi connectivity index (χ4v) is 2.00. The molecule has 0 saturated heterocycles. The highest BCUT2D eigenvalue weighted by Gasteiger charge is 2.16. The Kier molecular flexibility index (Phi) is 4.94. The predicted octanol–water partition coefficient (Wildman–Crippen LogP) is 2.13. The Morgan fingerprint density at radius 2 is 2.19 bits per heavy atom. The van der Waals surface area contributed by atoms with Crippen molar-refractivity contribution in [2.45, 2.75) is 20.0 Å². The summed E-state index contributed by atoms with van der Waals surface area (Å²) in [5, 5.41) is 12.8. The zero-order valence-electron chi connectivity index (χ0n) is 12.1. The van der Waals surface area contributed by atoms with Crippen LogP contribution in [-0.4, -0.2) is 35.3 Å². The topological polar surface area (TPSA) is 90.0 Å². The minimum absolute atomic E-state index is 0.0353. The summed E-state index contributed by atoms with van der Waals surface area (Å²) in [6.45, 7) is 4.91.